The minimum Gasteiger partial charge on any atom is -0.352 e. The van der Waals surface area contributed by atoms with Gasteiger partial charge in [0.2, 0.25) is 0 Å². The Balaban J connectivity index is 1.76. The normalized spacial score (nSPS) is 21.6. The highest BCUT2D eigenvalue weighted by Gasteiger charge is 2.57. The molecule has 4 nitrogen and oxygen atoms in total. The van der Waals surface area contributed by atoms with Crippen LogP contribution in [-0.4, -0.2) is 27.5 Å². The third kappa shape index (κ3) is 2.73. The van der Waals surface area contributed by atoms with E-state index < -0.39 is 11.9 Å². The molecule has 138 valence electrons. The van der Waals surface area contributed by atoms with Crippen LogP contribution in [-0.2, 0) is 6.18 Å². The molecule has 3 heterocycles. The first-order valence-electron chi connectivity index (χ1n) is 8.93. The number of nitrogens with zero attached hydrogens (tertiary/aromatic N) is 4. The zero-order valence-electron chi connectivity index (χ0n) is 14.8. The van der Waals surface area contributed by atoms with E-state index in [1.54, 1.807) is 18.3 Å². The van der Waals surface area contributed by atoms with Crippen LogP contribution in [0.3, 0.4) is 0 Å². The van der Waals surface area contributed by atoms with Gasteiger partial charge in [-0.05, 0) is 30.9 Å². The fourth-order valence-corrected chi connectivity index (χ4v) is 4.48. The topological polar surface area (TPSA) is 41.9 Å². The molecular formula is C19H21F3N4. The van der Waals surface area contributed by atoms with Crippen molar-refractivity contribution in [2.24, 2.45) is 11.3 Å². The molecule has 0 amide bonds. The zero-order valence-corrected chi connectivity index (χ0v) is 14.8. The van der Waals surface area contributed by atoms with Gasteiger partial charge in [0, 0.05) is 42.0 Å². The lowest BCUT2D eigenvalue weighted by molar-refractivity contribution is -0.141. The summed E-state index contributed by atoms with van der Waals surface area (Å²) in [7, 11) is 0. The smallest absolute Gasteiger partial charge is 0.352 e. The Kier molecular flexibility index (Phi) is 3.93. The minimum atomic E-state index is -4.51. The van der Waals surface area contributed by atoms with Crippen LogP contribution in [0.4, 0.5) is 19.0 Å². The fourth-order valence-electron chi connectivity index (χ4n) is 4.48. The van der Waals surface area contributed by atoms with Crippen LogP contribution in [0.2, 0.25) is 0 Å². The lowest BCUT2D eigenvalue weighted by Crippen LogP contribution is -2.69. The number of hydrogen-bond donors (Lipinski definition) is 0. The number of halogens is 3. The van der Waals surface area contributed by atoms with Gasteiger partial charge in [0.15, 0.2) is 11.5 Å². The first-order chi connectivity index (χ1) is 12.3. The van der Waals surface area contributed by atoms with Crippen molar-refractivity contribution in [3.05, 3.63) is 36.3 Å². The van der Waals surface area contributed by atoms with Crippen molar-refractivity contribution in [1.82, 2.24) is 15.0 Å². The molecule has 7 heteroatoms. The van der Waals surface area contributed by atoms with Gasteiger partial charge in [-0.2, -0.15) is 13.2 Å². The molecule has 1 atom stereocenters. The maximum absolute atomic E-state index is 13.4. The molecule has 0 aromatic carbocycles. The molecular weight excluding hydrogens is 341 g/mol. The number of anilines is 1. The Morgan fingerprint density at radius 2 is 2.00 bits per heavy atom. The van der Waals surface area contributed by atoms with Crippen molar-refractivity contribution in [3.63, 3.8) is 0 Å². The van der Waals surface area contributed by atoms with E-state index in [1.807, 2.05) is 4.90 Å². The van der Waals surface area contributed by atoms with Gasteiger partial charge in [-0.3, -0.25) is 4.98 Å². The Morgan fingerprint density at radius 3 is 2.54 bits per heavy atom. The minimum absolute atomic E-state index is 0.0694. The van der Waals surface area contributed by atoms with E-state index in [1.165, 1.54) is 12.6 Å². The predicted octanol–water partition coefficient (Wildman–Crippen LogP) is 4.57. The molecule has 1 saturated heterocycles. The van der Waals surface area contributed by atoms with Crippen molar-refractivity contribution >= 4 is 5.82 Å². The van der Waals surface area contributed by atoms with E-state index in [4.69, 9.17) is 0 Å². The summed E-state index contributed by atoms with van der Waals surface area (Å²) >= 11 is 0. The molecule has 0 N–H and O–H groups in total. The highest BCUT2D eigenvalue weighted by atomic mass is 19.4. The average Bonchev–Trinajstić information content (AvgIpc) is 2.52. The number of hydrogen-bond acceptors (Lipinski definition) is 4. The molecule has 2 aliphatic rings. The summed E-state index contributed by atoms with van der Waals surface area (Å²) < 4.78 is 40.2. The highest BCUT2D eigenvalue weighted by molar-refractivity contribution is 5.58. The second kappa shape index (κ2) is 5.93. The molecule has 0 bridgehead atoms. The largest absolute Gasteiger partial charge is 0.433 e. The van der Waals surface area contributed by atoms with Gasteiger partial charge in [-0.15, -0.1) is 0 Å². The molecule has 2 fully saturated rings. The molecule has 1 aliphatic heterocycles. The average molecular weight is 362 g/mol. The van der Waals surface area contributed by atoms with Gasteiger partial charge < -0.3 is 4.90 Å². The standard InChI is InChI=1S/C19H21F3N4/c1-12(2)16-18(6-4-7-18)11-26(16)15-9-14(19(20,21)22)24-17(25-15)13-5-3-8-23-10-13/h3,5,8-10,12,16H,4,6-7,11H2,1-2H3/t16-/m0/s1. The van der Waals surface area contributed by atoms with Crippen LogP contribution >= 0.6 is 0 Å². The Bertz CT molecular complexity index is 800. The first kappa shape index (κ1) is 17.2. The molecule has 4 rings (SSSR count). The van der Waals surface area contributed by atoms with Crippen molar-refractivity contribution in [1.29, 1.82) is 0 Å². The van der Waals surface area contributed by atoms with Crippen molar-refractivity contribution in [2.75, 3.05) is 11.4 Å². The summed E-state index contributed by atoms with van der Waals surface area (Å²) in [6.07, 6.45) is 2.06. The summed E-state index contributed by atoms with van der Waals surface area (Å²) in [5.74, 6) is 0.789. The second-order valence-corrected chi connectivity index (χ2v) is 7.71. The van der Waals surface area contributed by atoms with Gasteiger partial charge >= 0.3 is 6.18 Å². The quantitative estimate of drug-likeness (QED) is 0.802. The van der Waals surface area contributed by atoms with Crippen LogP contribution < -0.4 is 4.90 Å². The van der Waals surface area contributed by atoms with Crippen molar-refractivity contribution in [2.45, 2.75) is 45.3 Å². The number of rotatable bonds is 3. The van der Waals surface area contributed by atoms with Crippen LogP contribution in [0, 0.1) is 11.3 Å². The summed E-state index contributed by atoms with van der Waals surface area (Å²) in [5, 5.41) is 0. The van der Waals surface area contributed by atoms with E-state index in [2.05, 4.69) is 28.8 Å². The SMILES string of the molecule is CC(C)[C@@H]1N(c2cc(C(F)(F)F)nc(-c3cccnc3)n2)CC12CCC2. The number of aromatic nitrogens is 3. The Labute approximate surface area is 150 Å². The van der Waals surface area contributed by atoms with Crippen LogP contribution in [0.25, 0.3) is 11.4 Å². The third-order valence-electron chi connectivity index (χ3n) is 5.65. The molecule has 0 unspecified atom stereocenters. The van der Waals surface area contributed by atoms with Crippen molar-refractivity contribution < 1.29 is 13.2 Å². The van der Waals surface area contributed by atoms with E-state index in [0.717, 1.165) is 25.5 Å². The maximum atomic E-state index is 13.4. The summed E-state index contributed by atoms with van der Waals surface area (Å²) in [5.41, 5.74) is -0.162. The van der Waals surface area contributed by atoms with E-state index in [-0.39, 0.29) is 17.3 Å². The predicted molar refractivity (Wildman–Crippen MR) is 92.5 cm³/mol. The van der Waals surface area contributed by atoms with Gasteiger partial charge in [-0.1, -0.05) is 20.3 Å². The third-order valence-corrected chi connectivity index (χ3v) is 5.65. The van der Waals surface area contributed by atoms with E-state index in [9.17, 15) is 13.2 Å². The van der Waals surface area contributed by atoms with Crippen LogP contribution in [0.5, 0.6) is 0 Å². The fraction of sp³-hybridized carbons (Fsp3) is 0.526. The Hall–Kier alpha value is -2.18. The van der Waals surface area contributed by atoms with Gasteiger partial charge in [-0.25, -0.2) is 9.97 Å². The molecule has 26 heavy (non-hydrogen) atoms. The number of alkyl halides is 3. The van der Waals surface area contributed by atoms with Crippen LogP contribution in [0.1, 0.15) is 38.8 Å². The summed E-state index contributed by atoms with van der Waals surface area (Å²) in [4.78, 5) is 14.2. The molecule has 2 aromatic heterocycles. The van der Waals surface area contributed by atoms with Crippen LogP contribution in [0.15, 0.2) is 30.6 Å². The number of pyridine rings is 1. The highest BCUT2D eigenvalue weighted by Crippen LogP contribution is 2.56. The Morgan fingerprint density at radius 1 is 1.23 bits per heavy atom. The monoisotopic (exact) mass is 362 g/mol. The molecule has 0 radical (unpaired) electrons. The first-order valence-corrected chi connectivity index (χ1v) is 8.93. The molecule has 2 aromatic rings. The lowest BCUT2D eigenvalue weighted by Gasteiger charge is -2.64. The zero-order chi connectivity index (χ0) is 18.5. The molecule has 1 aliphatic carbocycles. The summed E-state index contributed by atoms with van der Waals surface area (Å²) in [6, 6.07) is 4.66. The van der Waals surface area contributed by atoms with Gasteiger partial charge in [0.1, 0.15) is 5.82 Å². The molecule has 1 saturated carbocycles. The van der Waals surface area contributed by atoms with Crippen molar-refractivity contribution in [3.8, 4) is 11.4 Å². The summed E-state index contributed by atoms with van der Waals surface area (Å²) in [6.45, 7) is 5.03. The lowest BCUT2D eigenvalue weighted by atomic mass is 9.55. The second-order valence-electron chi connectivity index (χ2n) is 7.71. The van der Waals surface area contributed by atoms with Gasteiger partial charge in [0.05, 0.1) is 0 Å². The molecule has 1 spiro atoms. The van der Waals surface area contributed by atoms with Gasteiger partial charge in [0.25, 0.3) is 0 Å². The van der Waals surface area contributed by atoms with E-state index >= 15 is 0 Å². The van der Waals surface area contributed by atoms with E-state index in [0.29, 0.717) is 17.3 Å². The maximum Gasteiger partial charge on any atom is 0.433 e.